The second kappa shape index (κ2) is 13.4. The van der Waals surface area contributed by atoms with Gasteiger partial charge in [0.25, 0.3) is 5.91 Å². The van der Waals surface area contributed by atoms with Crippen LogP contribution in [0.1, 0.15) is 55.1 Å². The molecule has 1 aromatic heterocycles. The average molecular weight is 515 g/mol. The van der Waals surface area contributed by atoms with Crippen LogP contribution < -0.4 is 26.4 Å². The van der Waals surface area contributed by atoms with Crippen molar-refractivity contribution in [2.24, 2.45) is 16.6 Å². The van der Waals surface area contributed by atoms with E-state index < -0.39 is 6.04 Å². The Morgan fingerprint density at radius 1 is 1.31 bits per heavy atom. The molecular formula is C26H38N6O3S. The molecule has 6 N–H and O–H groups in total. The number of thiophene rings is 1. The Bertz CT molecular complexity index is 1130. The number of hydrogen-bond acceptors (Lipinski definition) is 8. The first-order chi connectivity index (χ1) is 17.5. The maximum atomic E-state index is 13.1. The van der Waals surface area contributed by atoms with Crippen molar-refractivity contribution < 1.29 is 17.2 Å². The molecule has 1 aromatic carbocycles. The fraction of sp³-hybridized carbons (Fsp3) is 0.385. The summed E-state index contributed by atoms with van der Waals surface area (Å²) in [5.41, 5.74) is 7.50. The predicted octanol–water partition coefficient (Wildman–Crippen LogP) is 4.15. The van der Waals surface area contributed by atoms with Crippen molar-refractivity contribution in [3.8, 4) is 5.75 Å². The lowest BCUT2D eigenvalue weighted by Gasteiger charge is -2.21. The Balaban J connectivity index is 0.00000361. The summed E-state index contributed by atoms with van der Waals surface area (Å²) in [5, 5.41) is 16.6. The van der Waals surface area contributed by atoms with Crippen molar-refractivity contribution >= 4 is 41.3 Å². The van der Waals surface area contributed by atoms with E-state index in [1.54, 1.807) is 26.3 Å². The summed E-state index contributed by atoms with van der Waals surface area (Å²) < 4.78 is 5.22. The van der Waals surface area contributed by atoms with Gasteiger partial charge in [-0.1, -0.05) is 25.7 Å². The summed E-state index contributed by atoms with van der Waals surface area (Å²) in [6.45, 7) is 0.498. The van der Waals surface area contributed by atoms with Gasteiger partial charge in [0.2, 0.25) is 5.91 Å². The second-order valence-corrected chi connectivity index (χ2v) is 9.80. The molecule has 0 spiro atoms. The zero-order valence-corrected chi connectivity index (χ0v) is 21.5. The Morgan fingerprint density at radius 3 is 2.75 bits per heavy atom. The molecule has 10 heteroatoms. The van der Waals surface area contributed by atoms with Crippen LogP contribution in [0.25, 0.3) is 0 Å². The zero-order chi connectivity index (χ0) is 25.9. The number of carbonyl (C=O) groups excluding carboxylic acids is 2. The first-order valence-electron chi connectivity index (χ1n) is 11.9. The van der Waals surface area contributed by atoms with Crippen LogP contribution >= 0.6 is 11.3 Å². The molecule has 1 atom stereocenters. The molecule has 0 unspecified atom stereocenters. The minimum Gasteiger partial charge on any atom is -0.497 e. The summed E-state index contributed by atoms with van der Waals surface area (Å²) in [5.74, 6) is 0.503. The SMILES string of the molecule is CN=C/C(=C\N)NC(=O)[C@H](CC1CCCC1)NC(=O)c1ccc(CNc2ccc(OC)cc2C=N)s1.[HH].[HH]. The van der Waals surface area contributed by atoms with Crippen LogP contribution in [0.2, 0.25) is 0 Å². The van der Waals surface area contributed by atoms with Gasteiger partial charge in [0, 0.05) is 51.2 Å². The van der Waals surface area contributed by atoms with E-state index in [2.05, 4.69) is 20.9 Å². The van der Waals surface area contributed by atoms with Crippen LogP contribution in [0.4, 0.5) is 5.69 Å². The maximum Gasteiger partial charge on any atom is 0.262 e. The van der Waals surface area contributed by atoms with Crippen LogP contribution in [0.5, 0.6) is 5.75 Å². The third-order valence-electron chi connectivity index (χ3n) is 6.13. The van der Waals surface area contributed by atoms with E-state index in [9.17, 15) is 9.59 Å². The summed E-state index contributed by atoms with van der Waals surface area (Å²) in [6.07, 6.45) is 9.04. The summed E-state index contributed by atoms with van der Waals surface area (Å²) >= 11 is 1.36. The molecule has 36 heavy (non-hydrogen) atoms. The monoisotopic (exact) mass is 514 g/mol. The number of nitrogens with zero attached hydrogens (tertiary/aromatic N) is 1. The van der Waals surface area contributed by atoms with E-state index >= 15 is 0 Å². The van der Waals surface area contributed by atoms with Gasteiger partial charge >= 0.3 is 0 Å². The molecule has 0 saturated heterocycles. The zero-order valence-electron chi connectivity index (χ0n) is 20.7. The number of allylic oxidation sites excluding steroid dienone is 1. The first-order valence-corrected chi connectivity index (χ1v) is 12.8. The molecule has 0 radical (unpaired) electrons. The number of nitrogens with two attached hydrogens (primary N) is 1. The summed E-state index contributed by atoms with van der Waals surface area (Å²) in [6, 6.07) is 8.46. The number of rotatable bonds is 12. The number of benzene rings is 1. The smallest absolute Gasteiger partial charge is 0.262 e. The van der Waals surface area contributed by atoms with Crippen LogP contribution in [0.3, 0.4) is 0 Å². The van der Waals surface area contributed by atoms with Gasteiger partial charge in [-0.25, -0.2) is 0 Å². The summed E-state index contributed by atoms with van der Waals surface area (Å²) in [4.78, 5) is 31.4. The first kappa shape index (κ1) is 26.9. The second-order valence-electron chi connectivity index (χ2n) is 8.63. The molecule has 1 aliphatic rings. The minimum absolute atomic E-state index is 0. The molecule has 196 valence electrons. The number of methoxy groups -OCH3 is 1. The van der Waals surface area contributed by atoms with Crippen molar-refractivity contribution in [1.82, 2.24) is 10.6 Å². The lowest BCUT2D eigenvalue weighted by Crippen LogP contribution is -2.47. The van der Waals surface area contributed by atoms with Gasteiger partial charge in [-0.2, -0.15) is 0 Å². The molecule has 1 fully saturated rings. The molecule has 3 rings (SSSR count). The van der Waals surface area contributed by atoms with Crippen molar-refractivity contribution in [2.75, 3.05) is 19.5 Å². The number of aliphatic imine (C=N–C) groups is 1. The Labute approximate surface area is 218 Å². The van der Waals surface area contributed by atoms with Crippen molar-refractivity contribution in [3.05, 3.63) is 57.5 Å². The quantitative estimate of drug-likeness (QED) is 0.271. The van der Waals surface area contributed by atoms with Crippen molar-refractivity contribution in [3.63, 3.8) is 0 Å². The van der Waals surface area contributed by atoms with Gasteiger partial charge in [0.05, 0.1) is 17.7 Å². The molecule has 0 aliphatic heterocycles. The molecule has 2 amide bonds. The highest BCUT2D eigenvalue weighted by Crippen LogP contribution is 2.29. The number of nitrogens with one attached hydrogen (secondary N) is 4. The third kappa shape index (κ3) is 7.42. The molecule has 1 saturated carbocycles. The van der Waals surface area contributed by atoms with E-state index in [4.69, 9.17) is 15.9 Å². The fourth-order valence-corrected chi connectivity index (χ4v) is 5.10. The highest BCUT2D eigenvalue weighted by molar-refractivity contribution is 7.14. The van der Waals surface area contributed by atoms with E-state index in [1.165, 1.54) is 30.0 Å². The molecule has 1 heterocycles. The van der Waals surface area contributed by atoms with Crippen LogP contribution in [0.15, 0.2) is 47.2 Å². The molecule has 1 aliphatic carbocycles. The molecule has 9 nitrogen and oxygen atoms in total. The van der Waals surface area contributed by atoms with Gasteiger partial charge in [-0.3, -0.25) is 14.6 Å². The molecule has 0 bridgehead atoms. The highest BCUT2D eigenvalue weighted by Gasteiger charge is 2.27. The fourth-order valence-electron chi connectivity index (χ4n) is 4.25. The molecule has 2 aromatic rings. The molecular weight excluding hydrogens is 476 g/mol. The number of carbonyl (C=O) groups is 2. The van der Waals surface area contributed by atoms with E-state index in [1.807, 2.05) is 18.2 Å². The number of amides is 2. The lowest BCUT2D eigenvalue weighted by atomic mass is 9.97. The lowest BCUT2D eigenvalue weighted by molar-refractivity contribution is -0.122. The van der Waals surface area contributed by atoms with Crippen LogP contribution in [-0.4, -0.2) is 44.4 Å². The average Bonchev–Trinajstić information content (AvgIpc) is 3.59. The van der Waals surface area contributed by atoms with E-state index in [-0.39, 0.29) is 14.7 Å². The van der Waals surface area contributed by atoms with Gasteiger partial charge in [0.15, 0.2) is 0 Å². The largest absolute Gasteiger partial charge is 0.497 e. The van der Waals surface area contributed by atoms with E-state index in [0.29, 0.717) is 40.8 Å². The Kier molecular flexibility index (Phi) is 10.1. The highest BCUT2D eigenvalue weighted by atomic mass is 32.1. The number of ether oxygens (including phenoxy) is 1. The van der Waals surface area contributed by atoms with Crippen LogP contribution in [0, 0.1) is 11.3 Å². The van der Waals surface area contributed by atoms with Crippen LogP contribution in [-0.2, 0) is 11.3 Å². The van der Waals surface area contributed by atoms with Gasteiger partial charge in [-0.15, -0.1) is 11.3 Å². The van der Waals surface area contributed by atoms with Gasteiger partial charge < -0.3 is 31.8 Å². The topological polar surface area (TPSA) is 142 Å². The normalized spacial score (nSPS) is 15.0. The Hall–Kier alpha value is -3.66. The van der Waals surface area contributed by atoms with Crippen molar-refractivity contribution in [2.45, 2.75) is 44.7 Å². The van der Waals surface area contributed by atoms with Gasteiger partial charge in [0.1, 0.15) is 11.8 Å². The predicted molar refractivity (Wildman–Crippen MR) is 149 cm³/mol. The number of hydrogen-bond donors (Lipinski definition) is 5. The van der Waals surface area contributed by atoms with Crippen molar-refractivity contribution in [1.29, 1.82) is 5.41 Å². The Morgan fingerprint density at radius 2 is 2.08 bits per heavy atom. The van der Waals surface area contributed by atoms with E-state index in [0.717, 1.165) is 36.2 Å². The number of anilines is 1. The maximum absolute atomic E-state index is 13.1. The third-order valence-corrected chi connectivity index (χ3v) is 7.22. The summed E-state index contributed by atoms with van der Waals surface area (Å²) in [7, 11) is 3.18. The standard InChI is InChI=1S/C26H34N6O3S.2H2/c1-29-15-19(14-28)31-25(33)23(11-17-5-3-4-6-17)32-26(34)24-10-8-21(36-24)16-30-22-9-7-20(35-2)12-18(22)13-27;;/h7-10,12-15,17,23,27,30H,3-6,11,16,28H2,1-2H3,(H,31,33)(H,32,34);2*1H/b19-14+,27-13?,29-15?;;/t23-;;/m0../s1. The van der Waals surface area contributed by atoms with Gasteiger partial charge in [-0.05, 0) is 42.7 Å². The minimum atomic E-state index is -0.668.